The van der Waals surface area contributed by atoms with Gasteiger partial charge in [-0.25, -0.2) is 4.98 Å². The van der Waals surface area contributed by atoms with Crippen molar-refractivity contribution in [3.8, 4) is 11.4 Å². The zero-order valence-electron chi connectivity index (χ0n) is 16.4. The highest BCUT2D eigenvalue weighted by Gasteiger charge is 2.21. The van der Waals surface area contributed by atoms with Crippen LogP contribution in [0.2, 0.25) is 0 Å². The highest BCUT2D eigenvalue weighted by Crippen LogP contribution is 2.28. The number of benzene rings is 1. The minimum atomic E-state index is -0.344. The molecule has 3 rings (SSSR count). The lowest BCUT2D eigenvalue weighted by Gasteiger charge is -2.12. The van der Waals surface area contributed by atoms with Gasteiger partial charge in [-0.05, 0) is 27.7 Å². The van der Waals surface area contributed by atoms with E-state index >= 15 is 0 Å². The third-order valence-electron chi connectivity index (χ3n) is 4.25. The van der Waals surface area contributed by atoms with Gasteiger partial charge >= 0.3 is 0 Å². The maximum Gasteiger partial charge on any atom is 0.239 e. The molecule has 1 N–H and O–H groups in total. The average molecular weight is 414 g/mol. The van der Waals surface area contributed by atoms with Gasteiger partial charge in [0.15, 0.2) is 16.1 Å². The molecule has 3 aromatic rings. The van der Waals surface area contributed by atoms with Crippen LogP contribution in [0.15, 0.2) is 42.1 Å². The van der Waals surface area contributed by atoms with Crippen molar-refractivity contribution >= 4 is 34.1 Å². The maximum atomic E-state index is 12.6. The monoisotopic (exact) mass is 413 g/mol. The van der Waals surface area contributed by atoms with Crippen molar-refractivity contribution in [2.45, 2.75) is 44.6 Å². The first-order valence-electron chi connectivity index (χ1n) is 8.91. The summed E-state index contributed by atoms with van der Waals surface area (Å²) in [6.07, 6.45) is 1.80. The van der Waals surface area contributed by atoms with Crippen molar-refractivity contribution in [1.82, 2.24) is 19.7 Å². The zero-order valence-corrected chi connectivity index (χ0v) is 18.0. The Morgan fingerprint density at radius 1 is 1.29 bits per heavy atom. The van der Waals surface area contributed by atoms with Gasteiger partial charge in [-0.15, -0.1) is 28.1 Å². The van der Waals surface area contributed by atoms with Gasteiger partial charge in [0.1, 0.15) is 0 Å². The van der Waals surface area contributed by atoms with Crippen LogP contribution in [0.25, 0.3) is 11.4 Å². The van der Waals surface area contributed by atoms with Crippen molar-refractivity contribution in [3.05, 3.63) is 53.1 Å². The van der Waals surface area contributed by atoms with Gasteiger partial charge in [-0.2, -0.15) is 0 Å². The van der Waals surface area contributed by atoms with Crippen molar-refractivity contribution in [2.75, 3.05) is 5.32 Å². The maximum absolute atomic E-state index is 12.6. The summed E-state index contributed by atoms with van der Waals surface area (Å²) in [5.41, 5.74) is 3.11. The average Bonchev–Trinajstić information content (AvgIpc) is 3.19. The van der Waals surface area contributed by atoms with Crippen LogP contribution in [0.4, 0.5) is 5.13 Å². The molecule has 1 amide bonds. The molecule has 1 atom stereocenters. The van der Waals surface area contributed by atoms with Gasteiger partial charge in [0.25, 0.3) is 0 Å². The molecule has 0 unspecified atom stereocenters. The largest absolute Gasteiger partial charge is 0.301 e. The minimum Gasteiger partial charge on any atom is -0.301 e. The Bertz CT molecular complexity index is 971. The third-order valence-corrected chi connectivity index (χ3v) is 6.32. The molecule has 2 heterocycles. The quantitative estimate of drug-likeness (QED) is 0.451. The lowest BCUT2D eigenvalue weighted by Crippen LogP contribution is -2.22. The number of thiazole rings is 1. The fourth-order valence-electron chi connectivity index (χ4n) is 2.53. The predicted molar refractivity (Wildman–Crippen MR) is 116 cm³/mol. The summed E-state index contributed by atoms with van der Waals surface area (Å²) in [7, 11) is 0. The van der Waals surface area contributed by atoms with Crippen LogP contribution in [-0.4, -0.2) is 30.9 Å². The summed E-state index contributed by atoms with van der Waals surface area (Å²) >= 11 is 2.85. The van der Waals surface area contributed by atoms with E-state index in [1.165, 1.54) is 28.7 Å². The molecule has 1 aromatic carbocycles. The van der Waals surface area contributed by atoms with E-state index in [9.17, 15) is 4.79 Å². The van der Waals surface area contributed by atoms with Gasteiger partial charge in [-0.1, -0.05) is 47.7 Å². The van der Waals surface area contributed by atoms with Crippen LogP contribution in [0, 0.1) is 20.8 Å². The molecule has 0 aliphatic heterocycles. The summed E-state index contributed by atoms with van der Waals surface area (Å²) in [5.74, 6) is 0.657. The Morgan fingerprint density at radius 2 is 2.00 bits per heavy atom. The number of anilines is 1. The van der Waals surface area contributed by atoms with Crippen molar-refractivity contribution in [2.24, 2.45) is 0 Å². The molecule has 0 spiro atoms. The molecule has 0 bridgehead atoms. The Kier molecular flexibility index (Phi) is 6.31. The van der Waals surface area contributed by atoms with Crippen molar-refractivity contribution in [1.29, 1.82) is 0 Å². The van der Waals surface area contributed by atoms with E-state index in [1.54, 1.807) is 6.08 Å². The molecule has 0 aliphatic carbocycles. The number of aryl methyl sites for hydroxylation is 3. The fraction of sp³-hybridized carbons (Fsp3) is 0.300. The summed E-state index contributed by atoms with van der Waals surface area (Å²) in [5, 5.41) is 12.5. The first-order valence-corrected chi connectivity index (χ1v) is 10.6. The van der Waals surface area contributed by atoms with Gasteiger partial charge in [0.05, 0.1) is 10.9 Å². The smallest absolute Gasteiger partial charge is 0.239 e. The molecule has 0 saturated heterocycles. The number of hydrogen-bond acceptors (Lipinski definition) is 6. The van der Waals surface area contributed by atoms with E-state index < -0.39 is 0 Å². The van der Waals surface area contributed by atoms with Gasteiger partial charge in [0.2, 0.25) is 5.91 Å². The minimum absolute atomic E-state index is 0.108. The van der Waals surface area contributed by atoms with Gasteiger partial charge in [0, 0.05) is 17.0 Å². The normalized spacial score (nSPS) is 12.0. The molecule has 28 heavy (non-hydrogen) atoms. The highest BCUT2D eigenvalue weighted by atomic mass is 32.2. The molecule has 0 aliphatic rings. The second-order valence-electron chi connectivity index (χ2n) is 6.48. The van der Waals surface area contributed by atoms with E-state index in [-0.39, 0.29) is 11.2 Å². The Morgan fingerprint density at radius 3 is 2.61 bits per heavy atom. The molecular weight excluding hydrogens is 390 g/mol. The molecule has 0 radical (unpaired) electrons. The Labute approximate surface area is 173 Å². The summed E-state index contributed by atoms with van der Waals surface area (Å²) in [6, 6.07) is 8.14. The fourth-order valence-corrected chi connectivity index (χ4v) is 4.21. The molecular formula is C20H23N5OS2. The Hall–Kier alpha value is -2.45. The third kappa shape index (κ3) is 4.51. The number of carbonyl (C=O) groups excluding carboxylic acids is 1. The van der Waals surface area contributed by atoms with Gasteiger partial charge in [-0.3, -0.25) is 9.36 Å². The number of thioether (sulfide) groups is 1. The first kappa shape index (κ1) is 20.3. The van der Waals surface area contributed by atoms with E-state index in [0.717, 1.165) is 22.0 Å². The van der Waals surface area contributed by atoms with Crippen LogP contribution in [0.3, 0.4) is 0 Å². The van der Waals surface area contributed by atoms with Crippen molar-refractivity contribution < 1.29 is 4.79 Å². The molecule has 146 valence electrons. The van der Waals surface area contributed by atoms with Crippen molar-refractivity contribution in [3.63, 3.8) is 0 Å². The zero-order chi connectivity index (χ0) is 20.3. The van der Waals surface area contributed by atoms with E-state index in [0.29, 0.717) is 16.8 Å². The molecule has 2 aromatic heterocycles. The number of aromatic nitrogens is 4. The number of nitrogens with zero attached hydrogens (tertiary/aromatic N) is 4. The number of nitrogens with one attached hydrogen (secondary N) is 1. The van der Waals surface area contributed by atoms with Gasteiger partial charge < -0.3 is 5.32 Å². The molecule has 8 heteroatoms. The first-order chi connectivity index (χ1) is 13.4. The van der Waals surface area contributed by atoms with E-state index in [4.69, 9.17) is 0 Å². The number of allylic oxidation sites excluding steroid dienone is 1. The lowest BCUT2D eigenvalue weighted by atomic mass is 10.1. The van der Waals surface area contributed by atoms with Crippen LogP contribution in [-0.2, 0) is 11.3 Å². The van der Waals surface area contributed by atoms with Crippen LogP contribution in [0.1, 0.15) is 23.1 Å². The van der Waals surface area contributed by atoms with E-state index in [1.807, 2.05) is 56.5 Å². The molecule has 0 fully saturated rings. The summed E-state index contributed by atoms with van der Waals surface area (Å²) in [6.45, 7) is 12.2. The van der Waals surface area contributed by atoms with Crippen LogP contribution in [0.5, 0.6) is 0 Å². The standard InChI is InChI=1S/C20H23N5OS2/c1-6-11-25-17(16-9-7-12(2)8-10-16)23-24-20(25)28-15(5)18(26)22-19-21-13(3)14(4)27-19/h6-10,15H,1,11H2,2-5H3,(H,21,22,26)/t15-/m0/s1. The highest BCUT2D eigenvalue weighted by molar-refractivity contribution is 8.00. The predicted octanol–water partition coefficient (Wildman–Crippen LogP) is 4.63. The second-order valence-corrected chi connectivity index (χ2v) is 8.99. The number of amides is 1. The van der Waals surface area contributed by atoms with Crippen LogP contribution < -0.4 is 5.32 Å². The molecule has 0 saturated carbocycles. The number of carbonyl (C=O) groups is 1. The Balaban J connectivity index is 1.78. The topological polar surface area (TPSA) is 72.7 Å². The lowest BCUT2D eigenvalue weighted by molar-refractivity contribution is -0.115. The number of rotatable bonds is 7. The second kappa shape index (κ2) is 8.70. The van der Waals surface area contributed by atoms with E-state index in [2.05, 4.69) is 27.1 Å². The summed E-state index contributed by atoms with van der Waals surface area (Å²) in [4.78, 5) is 18.0. The SMILES string of the molecule is C=CCn1c(S[C@@H](C)C(=O)Nc2nc(C)c(C)s2)nnc1-c1ccc(C)cc1. The molecule has 6 nitrogen and oxygen atoms in total. The summed E-state index contributed by atoms with van der Waals surface area (Å²) < 4.78 is 1.98. The number of hydrogen-bond donors (Lipinski definition) is 1. The van der Waals surface area contributed by atoms with Crippen LogP contribution >= 0.6 is 23.1 Å².